The van der Waals surface area contributed by atoms with Crippen LogP contribution < -0.4 is 5.32 Å². The van der Waals surface area contributed by atoms with Crippen LogP contribution in [0.5, 0.6) is 0 Å². The second-order valence-electron chi connectivity index (χ2n) is 5.76. The fraction of sp³-hybridized carbons (Fsp3) is 0.929. The fourth-order valence-corrected chi connectivity index (χ4v) is 4.09. The molecule has 0 saturated heterocycles. The zero-order chi connectivity index (χ0) is 12.3. The van der Waals surface area contributed by atoms with E-state index >= 15 is 0 Å². The van der Waals surface area contributed by atoms with Crippen molar-refractivity contribution in [1.29, 1.82) is 0 Å². The SMILES string of the molecule is CCC1CCCCC1NC1=N[C@@H](C(C)C)CS1. The van der Waals surface area contributed by atoms with Gasteiger partial charge in [-0.1, -0.05) is 51.8 Å². The van der Waals surface area contributed by atoms with Gasteiger partial charge in [-0.25, -0.2) is 0 Å². The van der Waals surface area contributed by atoms with Gasteiger partial charge in [0.05, 0.1) is 6.04 Å². The van der Waals surface area contributed by atoms with Crippen LogP contribution in [0.25, 0.3) is 0 Å². The van der Waals surface area contributed by atoms with Crippen LogP contribution in [-0.4, -0.2) is 23.0 Å². The van der Waals surface area contributed by atoms with Crippen molar-refractivity contribution < 1.29 is 0 Å². The molecule has 2 unspecified atom stereocenters. The zero-order valence-electron chi connectivity index (χ0n) is 11.4. The van der Waals surface area contributed by atoms with E-state index in [1.807, 2.05) is 11.8 Å². The van der Waals surface area contributed by atoms with Gasteiger partial charge in [0.15, 0.2) is 5.17 Å². The summed E-state index contributed by atoms with van der Waals surface area (Å²) in [7, 11) is 0. The van der Waals surface area contributed by atoms with Gasteiger partial charge in [-0.3, -0.25) is 4.99 Å². The van der Waals surface area contributed by atoms with Crippen LogP contribution in [0.3, 0.4) is 0 Å². The number of hydrogen-bond acceptors (Lipinski definition) is 3. The molecule has 1 aliphatic carbocycles. The fourth-order valence-electron chi connectivity index (χ4n) is 2.85. The lowest BCUT2D eigenvalue weighted by atomic mass is 9.83. The minimum atomic E-state index is 0.533. The van der Waals surface area contributed by atoms with E-state index in [2.05, 4.69) is 26.1 Å². The summed E-state index contributed by atoms with van der Waals surface area (Å²) < 4.78 is 0. The molecule has 98 valence electrons. The Labute approximate surface area is 110 Å². The van der Waals surface area contributed by atoms with Gasteiger partial charge in [0.2, 0.25) is 0 Å². The Kier molecular flexibility index (Phi) is 4.78. The predicted octanol–water partition coefficient (Wildman–Crippen LogP) is 3.67. The molecule has 1 fully saturated rings. The van der Waals surface area contributed by atoms with E-state index in [1.165, 1.54) is 43.0 Å². The molecule has 1 N–H and O–H groups in total. The molecule has 1 saturated carbocycles. The maximum atomic E-state index is 4.82. The lowest BCUT2D eigenvalue weighted by Crippen LogP contribution is -2.40. The summed E-state index contributed by atoms with van der Waals surface area (Å²) in [6.07, 6.45) is 6.86. The topological polar surface area (TPSA) is 24.4 Å². The van der Waals surface area contributed by atoms with Gasteiger partial charge in [-0.2, -0.15) is 0 Å². The van der Waals surface area contributed by atoms with Crippen LogP contribution in [0.1, 0.15) is 52.9 Å². The summed E-state index contributed by atoms with van der Waals surface area (Å²) in [5.41, 5.74) is 0. The van der Waals surface area contributed by atoms with Crippen molar-refractivity contribution in [3.63, 3.8) is 0 Å². The van der Waals surface area contributed by atoms with E-state index in [0.29, 0.717) is 18.0 Å². The average molecular weight is 254 g/mol. The Morgan fingerprint density at radius 1 is 1.35 bits per heavy atom. The highest BCUT2D eigenvalue weighted by atomic mass is 32.2. The molecule has 2 aliphatic rings. The molecule has 0 bridgehead atoms. The second-order valence-corrected chi connectivity index (χ2v) is 6.77. The van der Waals surface area contributed by atoms with Crippen LogP contribution >= 0.6 is 11.8 Å². The molecule has 2 nitrogen and oxygen atoms in total. The normalized spacial score (nSPS) is 33.9. The van der Waals surface area contributed by atoms with E-state index < -0.39 is 0 Å². The molecule has 0 radical (unpaired) electrons. The number of aliphatic imine (C=N–C) groups is 1. The molecule has 17 heavy (non-hydrogen) atoms. The number of amidine groups is 1. The minimum absolute atomic E-state index is 0.533. The van der Waals surface area contributed by atoms with Crippen molar-refractivity contribution >= 4 is 16.9 Å². The van der Waals surface area contributed by atoms with E-state index in [0.717, 1.165) is 5.92 Å². The lowest BCUT2D eigenvalue weighted by Gasteiger charge is -2.31. The number of nitrogens with zero attached hydrogens (tertiary/aromatic N) is 1. The summed E-state index contributed by atoms with van der Waals surface area (Å²) in [6, 6.07) is 1.22. The first-order valence-electron chi connectivity index (χ1n) is 7.17. The lowest BCUT2D eigenvalue weighted by molar-refractivity contribution is 0.281. The monoisotopic (exact) mass is 254 g/mol. The summed E-state index contributed by atoms with van der Waals surface area (Å²) in [4.78, 5) is 4.82. The molecule has 3 atom stereocenters. The molecule has 0 amide bonds. The van der Waals surface area contributed by atoms with Crippen LogP contribution in [-0.2, 0) is 0 Å². The highest BCUT2D eigenvalue weighted by molar-refractivity contribution is 8.14. The third kappa shape index (κ3) is 3.40. The van der Waals surface area contributed by atoms with Gasteiger partial charge in [0.1, 0.15) is 0 Å². The molecule has 0 aromatic heterocycles. The maximum Gasteiger partial charge on any atom is 0.157 e. The Morgan fingerprint density at radius 3 is 2.76 bits per heavy atom. The largest absolute Gasteiger partial charge is 0.362 e. The van der Waals surface area contributed by atoms with Crippen LogP contribution in [0, 0.1) is 11.8 Å². The first-order chi connectivity index (χ1) is 8.20. The van der Waals surface area contributed by atoms with Gasteiger partial charge in [-0.05, 0) is 24.7 Å². The van der Waals surface area contributed by atoms with Crippen molar-refractivity contribution in [2.75, 3.05) is 5.75 Å². The summed E-state index contributed by atoms with van der Waals surface area (Å²) >= 11 is 1.92. The Hall–Kier alpha value is -0.180. The highest BCUT2D eigenvalue weighted by Crippen LogP contribution is 2.29. The molecular weight excluding hydrogens is 228 g/mol. The Bertz CT molecular complexity index is 275. The van der Waals surface area contributed by atoms with Gasteiger partial charge in [0, 0.05) is 11.8 Å². The molecule has 1 aliphatic heterocycles. The van der Waals surface area contributed by atoms with Gasteiger partial charge in [-0.15, -0.1) is 0 Å². The Morgan fingerprint density at radius 2 is 2.12 bits per heavy atom. The van der Waals surface area contributed by atoms with Gasteiger partial charge in [0.25, 0.3) is 0 Å². The van der Waals surface area contributed by atoms with Gasteiger partial charge >= 0.3 is 0 Å². The van der Waals surface area contributed by atoms with Crippen LogP contribution in [0.15, 0.2) is 4.99 Å². The molecule has 1 heterocycles. The van der Waals surface area contributed by atoms with Crippen molar-refractivity contribution in [1.82, 2.24) is 5.32 Å². The zero-order valence-corrected chi connectivity index (χ0v) is 12.2. The van der Waals surface area contributed by atoms with Crippen molar-refractivity contribution in [2.24, 2.45) is 16.8 Å². The van der Waals surface area contributed by atoms with E-state index in [9.17, 15) is 0 Å². The molecule has 3 heteroatoms. The summed E-state index contributed by atoms with van der Waals surface area (Å²) in [5.74, 6) is 2.71. The highest BCUT2D eigenvalue weighted by Gasteiger charge is 2.27. The number of nitrogens with one attached hydrogen (secondary N) is 1. The molecule has 0 spiro atoms. The summed E-state index contributed by atoms with van der Waals surface area (Å²) in [5, 5.41) is 4.93. The smallest absolute Gasteiger partial charge is 0.157 e. The van der Waals surface area contributed by atoms with Crippen molar-refractivity contribution in [3.8, 4) is 0 Å². The average Bonchev–Trinajstić information content (AvgIpc) is 2.78. The molecule has 0 aromatic carbocycles. The predicted molar refractivity (Wildman–Crippen MR) is 77.7 cm³/mol. The first kappa shape index (κ1) is 13.3. The third-order valence-corrected chi connectivity index (χ3v) is 5.19. The van der Waals surface area contributed by atoms with Crippen LogP contribution in [0.2, 0.25) is 0 Å². The van der Waals surface area contributed by atoms with Crippen LogP contribution in [0.4, 0.5) is 0 Å². The number of thioether (sulfide) groups is 1. The molecule has 0 aromatic rings. The first-order valence-corrected chi connectivity index (χ1v) is 8.16. The standard InChI is InChI=1S/C14H26N2S/c1-4-11-7-5-6-8-12(11)15-14-16-13(9-17-14)10(2)3/h10-13H,4-9H2,1-3H3,(H,15,16)/t11?,12?,13-/m1/s1. The van der Waals surface area contributed by atoms with E-state index in [-0.39, 0.29) is 0 Å². The quantitative estimate of drug-likeness (QED) is 0.831. The van der Waals surface area contributed by atoms with Crippen molar-refractivity contribution in [3.05, 3.63) is 0 Å². The van der Waals surface area contributed by atoms with E-state index in [1.54, 1.807) is 0 Å². The summed E-state index contributed by atoms with van der Waals surface area (Å²) in [6.45, 7) is 6.87. The second kappa shape index (κ2) is 6.12. The maximum absolute atomic E-state index is 4.82. The third-order valence-electron chi connectivity index (χ3n) is 4.19. The Balaban J connectivity index is 1.89. The molecule has 2 rings (SSSR count). The molecular formula is C14H26N2S. The van der Waals surface area contributed by atoms with Crippen molar-refractivity contribution in [2.45, 2.75) is 65.0 Å². The minimum Gasteiger partial charge on any atom is -0.362 e. The number of rotatable bonds is 3. The van der Waals surface area contributed by atoms with E-state index in [4.69, 9.17) is 4.99 Å². The van der Waals surface area contributed by atoms with Gasteiger partial charge < -0.3 is 5.32 Å². The number of hydrogen-bond donors (Lipinski definition) is 1.